The second-order valence-corrected chi connectivity index (χ2v) is 7.39. The number of pyridine rings is 1. The zero-order valence-corrected chi connectivity index (χ0v) is 16.3. The van der Waals surface area contributed by atoms with Crippen LogP contribution in [0.15, 0.2) is 51.8 Å². The number of carbonyl (C=O) groups excluding carboxylic acids is 1. The Morgan fingerprint density at radius 1 is 1.32 bits per heavy atom. The van der Waals surface area contributed by atoms with Gasteiger partial charge in [0.1, 0.15) is 11.3 Å². The van der Waals surface area contributed by atoms with E-state index in [0.717, 1.165) is 16.6 Å². The first-order valence-corrected chi connectivity index (χ1v) is 9.40. The Morgan fingerprint density at radius 2 is 2.11 bits per heavy atom. The van der Waals surface area contributed by atoms with Gasteiger partial charge in [0.15, 0.2) is 6.10 Å². The molecular weight excluding hydrogens is 380 g/mol. The Balaban J connectivity index is 1.46. The minimum absolute atomic E-state index is 0.117. The largest absolute Gasteiger partial charge is 0.479 e. The molecule has 0 aliphatic carbocycles. The van der Waals surface area contributed by atoms with Crippen LogP contribution >= 0.6 is 11.6 Å². The van der Waals surface area contributed by atoms with Crippen molar-refractivity contribution in [2.45, 2.75) is 25.9 Å². The monoisotopic (exact) mass is 398 g/mol. The molecule has 1 fully saturated rings. The third kappa shape index (κ3) is 3.47. The fraction of sp³-hybridized carbons (Fsp3) is 0.286. The fourth-order valence-corrected chi connectivity index (χ4v) is 3.58. The number of hydrogen-bond donors (Lipinski definition) is 0. The number of nitrogens with zero attached hydrogens (tertiary/aromatic N) is 2. The van der Waals surface area contributed by atoms with Gasteiger partial charge in [-0.1, -0.05) is 17.7 Å². The molecule has 0 N–H and O–H groups in total. The average Bonchev–Trinajstić information content (AvgIpc) is 2.62. The summed E-state index contributed by atoms with van der Waals surface area (Å²) in [5.41, 5.74) is 1.69. The maximum atomic E-state index is 12.7. The molecule has 1 aliphatic rings. The molecule has 1 amide bonds. The molecule has 1 atom stereocenters. The summed E-state index contributed by atoms with van der Waals surface area (Å²) in [4.78, 5) is 30.3. The van der Waals surface area contributed by atoms with E-state index in [1.807, 2.05) is 25.1 Å². The fourth-order valence-electron chi connectivity index (χ4n) is 3.37. The molecule has 144 valence electrons. The van der Waals surface area contributed by atoms with E-state index in [0.29, 0.717) is 29.4 Å². The Hall–Kier alpha value is -2.86. The van der Waals surface area contributed by atoms with Crippen molar-refractivity contribution in [1.82, 2.24) is 9.88 Å². The van der Waals surface area contributed by atoms with Crippen molar-refractivity contribution in [3.8, 4) is 5.75 Å². The number of fused-ring (bicyclic) bond motifs is 1. The lowest BCUT2D eigenvalue weighted by molar-refractivity contribution is -0.142. The third-order valence-electron chi connectivity index (χ3n) is 4.95. The summed E-state index contributed by atoms with van der Waals surface area (Å²) in [6, 6.07) is 10.4. The summed E-state index contributed by atoms with van der Waals surface area (Å²) in [5, 5.41) is 1.09. The van der Waals surface area contributed by atoms with Crippen molar-refractivity contribution in [3.63, 3.8) is 0 Å². The second-order valence-electron chi connectivity index (χ2n) is 6.98. The first-order chi connectivity index (χ1) is 13.4. The van der Waals surface area contributed by atoms with E-state index in [9.17, 15) is 9.59 Å². The Morgan fingerprint density at radius 3 is 2.82 bits per heavy atom. The molecule has 0 saturated carbocycles. The van der Waals surface area contributed by atoms with Crippen LogP contribution in [0.2, 0.25) is 5.02 Å². The zero-order valence-electron chi connectivity index (χ0n) is 15.5. The van der Waals surface area contributed by atoms with Crippen LogP contribution in [0.25, 0.3) is 11.0 Å². The van der Waals surface area contributed by atoms with Gasteiger partial charge >= 0.3 is 5.63 Å². The van der Waals surface area contributed by atoms with E-state index in [1.54, 1.807) is 30.2 Å². The van der Waals surface area contributed by atoms with Gasteiger partial charge < -0.3 is 14.1 Å². The van der Waals surface area contributed by atoms with E-state index in [-0.39, 0.29) is 11.8 Å². The van der Waals surface area contributed by atoms with Gasteiger partial charge in [-0.05, 0) is 37.6 Å². The number of hydrogen-bond acceptors (Lipinski definition) is 5. The molecule has 1 unspecified atom stereocenters. The standard InChI is InChI=1S/C21H19ClN2O4/c1-12-7-20(25)28-18-9-19(16(22)8-15(12)18)27-13(2)21(26)24-10-14(11-24)17-5-3-4-6-23-17/h3-9,13-14H,10-11H2,1-2H3. The third-order valence-corrected chi connectivity index (χ3v) is 5.25. The minimum Gasteiger partial charge on any atom is -0.479 e. The molecule has 0 spiro atoms. The lowest BCUT2D eigenvalue weighted by Crippen LogP contribution is -2.52. The Labute approximate surface area is 166 Å². The van der Waals surface area contributed by atoms with Gasteiger partial charge in [0.25, 0.3) is 5.91 Å². The van der Waals surface area contributed by atoms with Crippen LogP contribution in [0, 0.1) is 6.92 Å². The quantitative estimate of drug-likeness (QED) is 0.628. The molecule has 6 nitrogen and oxygen atoms in total. The van der Waals surface area contributed by atoms with Gasteiger partial charge in [0, 0.05) is 48.4 Å². The van der Waals surface area contributed by atoms with Gasteiger partial charge in [0.2, 0.25) is 0 Å². The van der Waals surface area contributed by atoms with Crippen LogP contribution < -0.4 is 10.4 Å². The number of rotatable bonds is 4. The lowest BCUT2D eigenvalue weighted by atomic mass is 9.95. The second kappa shape index (κ2) is 7.28. The van der Waals surface area contributed by atoms with Crippen molar-refractivity contribution in [2.75, 3.05) is 13.1 Å². The van der Waals surface area contributed by atoms with Crippen LogP contribution in [0.1, 0.15) is 24.1 Å². The summed E-state index contributed by atoms with van der Waals surface area (Å²) < 4.78 is 11.0. The van der Waals surface area contributed by atoms with Crippen LogP contribution in [0.5, 0.6) is 5.75 Å². The molecule has 4 rings (SSSR count). The van der Waals surface area contributed by atoms with E-state index >= 15 is 0 Å². The van der Waals surface area contributed by atoms with E-state index in [1.165, 1.54) is 6.07 Å². The molecule has 3 aromatic rings. The highest BCUT2D eigenvalue weighted by molar-refractivity contribution is 6.32. The molecule has 28 heavy (non-hydrogen) atoms. The Bertz CT molecular complexity index is 1090. The van der Waals surface area contributed by atoms with Gasteiger partial charge in [-0.15, -0.1) is 0 Å². The van der Waals surface area contributed by atoms with E-state index < -0.39 is 11.7 Å². The molecule has 0 radical (unpaired) electrons. The van der Waals surface area contributed by atoms with Crippen LogP contribution in [0.3, 0.4) is 0 Å². The van der Waals surface area contributed by atoms with Crippen molar-refractivity contribution < 1.29 is 13.9 Å². The summed E-state index contributed by atoms with van der Waals surface area (Å²) in [6.45, 7) is 4.72. The molecular formula is C21H19ClN2O4. The first kappa shape index (κ1) is 18.5. The SMILES string of the molecule is Cc1cc(=O)oc2cc(OC(C)C(=O)N3CC(c4ccccn4)C3)c(Cl)cc12. The highest BCUT2D eigenvalue weighted by Crippen LogP contribution is 2.32. The predicted molar refractivity (Wildman–Crippen MR) is 106 cm³/mol. The highest BCUT2D eigenvalue weighted by atomic mass is 35.5. The van der Waals surface area contributed by atoms with Crippen LogP contribution in [0.4, 0.5) is 0 Å². The lowest BCUT2D eigenvalue weighted by Gasteiger charge is -2.40. The molecule has 2 aromatic heterocycles. The summed E-state index contributed by atoms with van der Waals surface area (Å²) >= 11 is 6.32. The minimum atomic E-state index is -0.712. The number of ether oxygens (including phenoxy) is 1. The number of amides is 1. The van der Waals surface area contributed by atoms with Crippen molar-refractivity contribution in [1.29, 1.82) is 0 Å². The summed E-state index contributed by atoms with van der Waals surface area (Å²) in [5.74, 6) is 0.443. The van der Waals surface area contributed by atoms with Gasteiger partial charge in [0.05, 0.1) is 5.02 Å². The summed E-state index contributed by atoms with van der Waals surface area (Å²) in [6.07, 6.45) is 1.05. The van der Waals surface area contributed by atoms with Gasteiger partial charge in [-0.25, -0.2) is 4.79 Å². The maximum absolute atomic E-state index is 12.7. The number of likely N-dealkylation sites (tertiary alicyclic amines) is 1. The Kier molecular flexibility index (Phi) is 4.81. The number of aryl methyl sites for hydroxylation is 1. The van der Waals surface area contributed by atoms with E-state index in [4.69, 9.17) is 20.8 Å². The van der Waals surface area contributed by atoms with Gasteiger partial charge in [-0.2, -0.15) is 0 Å². The molecule has 1 aliphatic heterocycles. The molecule has 3 heterocycles. The number of benzene rings is 1. The zero-order chi connectivity index (χ0) is 19.8. The van der Waals surface area contributed by atoms with Crippen molar-refractivity contribution in [3.05, 3.63) is 69.3 Å². The van der Waals surface area contributed by atoms with Crippen LogP contribution in [-0.2, 0) is 4.79 Å². The van der Waals surface area contributed by atoms with Gasteiger partial charge in [-0.3, -0.25) is 9.78 Å². The van der Waals surface area contributed by atoms with Crippen molar-refractivity contribution >= 4 is 28.5 Å². The smallest absolute Gasteiger partial charge is 0.336 e. The molecule has 1 aromatic carbocycles. The average molecular weight is 399 g/mol. The highest BCUT2D eigenvalue weighted by Gasteiger charge is 2.35. The number of carbonyl (C=O) groups is 1. The number of halogens is 1. The predicted octanol–water partition coefficient (Wildman–Crippen LogP) is 3.54. The van der Waals surface area contributed by atoms with Crippen LogP contribution in [-0.4, -0.2) is 35.0 Å². The topological polar surface area (TPSA) is 72.6 Å². The maximum Gasteiger partial charge on any atom is 0.336 e. The molecule has 7 heteroatoms. The number of aromatic nitrogens is 1. The summed E-state index contributed by atoms with van der Waals surface area (Å²) in [7, 11) is 0. The normalized spacial score (nSPS) is 15.3. The van der Waals surface area contributed by atoms with Crippen molar-refractivity contribution in [2.24, 2.45) is 0 Å². The molecule has 0 bridgehead atoms. The van der Waals surface area contributed by atoms with E-state index in [2.05, 4.69) is 4.98 Å². The first-order valence-electron chi connectivity index (χ1n) is 9.03. The molecule has 1 saturated heterocycles.